The molecule has 0 aromatic heterocycles. The van der Waals surface area contributed by atoms with E-state index >= 15 is 0 Å². The molecule has 0 bridgehead atoms. The summed E-state index contributed by atoms with van der Waals surface area (Å²) in [5, 5.41) is 6.72. The Labute approximate surface area is 111 Å². The van der Waals surface area contributed by atoms with Crippen molar-refractivity contribution in [2.45, 2.75) is 6.04 Å². The van der Waals surface area contributed by atoms with Gasteiger partial charge < -0.3 is 11.1 Å². The molecule has 0 aliphatic rings. The maximum Gasteiger partial charge on any atom is 0.240 e. The Morgan fingerprint density at radius 2 is 2.41 bits per heavy atom. The molecule has 1 atom stereocenters. The molecule has 8 heteroatoms. The van der Waals surface area contributed by atoms with Gasteiger partial charge in [-0.1, -0.05) is 16.7 Å². The van der Waals surface area contributed by atoms with Gasteiger partial charge in [0.2, 0.25) is 5.91 Å². The third kappa shape index (κ3) is 4.14. The minimum Gasteiger partial charge on any atom is -0.374 e. The highest BCUT2D eigenvalue weighted by Gasteiger charge is 2.14. The average Bonchev–Trinajstić information content (AvgIpc) is 2.28. The van der Waals surface area contributed by atoms with Crippen LogP contribution in [0.25, 0.3) is 10.4 Å². The van der Waals surface area contributed by atoms with Gasteiger partial charge in [0, 0.05) is 15.1 Å². The molecule has 0 radical (unpaired) electrons. The Bertz CT molecular complexity index is 474. The summed E-state index contributed by atoms with van der Waals surface area (Å²) in [6.07, 6.45) is 0. The molecular formula is C9H9BrClN5O. The van der Waals surface area contributed by atoms with Crippen LogP contribution in [0.1, 0.15) is 0 Å². The van der Waals surface area contributed by atoms with Gasteiger partial charge in [-0.05, 0) is 39.7 Å². The number of carbonyl (C=O) groups excluding carboxylic acids is 1. The van der Waals surface area contributed by atoms with Crippen molar-refractivity contribution in [3.63, 3.8) is 0 Å². The zero-order valence-electron chi connectivity index (χ0n) is 8.60. The SMILES string of the molecule is [N-]=[N+]=NCC(Nc1ccc(Cl)c(Br)c1)C(N)=O. The van der Waals surface area contributed by atoms with E-state index in [-0.39, 0.29) is 6.54 Å². The average molecular weight is 319 g/mol. The lowest BCUT2D eigenvalue weighted by atomic mass is 10.2. The maximum atomic E-state index is 11.1. The highest BCUT2D eigenvalue weighted by molar-refractivity contribution is 9.10. The van der Waals surface area contributed by atoms with Crippen molar-refractivity contribution in [2.24, 2.45) is 10.8 Å². The van der Waals surface area contributed by atoms with Gasteiger partial charge in [-0.3, -0.25) is 4.79 Å². The summed E-state index contributed by atoms with van der Waals surface area (Å²) >= 11 is 9.09. The highest BCUT2D eigenvalue weighted by atomic mass is 79.9. The fourth-order valence-corrected chi connectivity index (χ4v) is 1.61. The Morgan fingerprint density at radius 3 is 2.94 bits per heavy atom. The number of hydrogen-bond acceptors (Lipinski definition) is 3. The smallest absolute Gasteiger partial charge is 0.240 e. The van der Waals surface area contributed by atoms with E-state index < -0.39 is 11.9 Å². The summed E-state index contributed by atoms with van der Waals surface area (Å²) in [5.41, 5.74) is 14.0. The van der Waals surface area contributed by atoms with Crippen LogP contribution in [-0.4, -0.2) is 18.5 Å². The quantitative estimate of drug-likeness (QED) is 0.495. The van der Waals surface area contributed by atoms with E-state index in [9.17, 15) is 4.79 Å². The summed E-state index contributed by atoms with van der Waals surface area (Å²) in [6, 6.07) is 4.31. The predicted molar refractivity (Wildman–Crippen MR) is 69.8 cm³/mol. The van der Waals surface area contributed by atoms with Crippen LogP contribution in [0, 0.1) is 0 Å². The first-order valence-corrected chi connectivity index (χ1v) is 5.73. The van der Waals surface area contributed by atoms with Crippen LogP contribution in [0.2, 0.25) is 5.02 Å². The molecule has 0 heterocycles. The Kier molecular flexibility index (Phi) is 5.09. The lowest BCUT2D eigenvalue weighted by Gasteiger charge is -2.14. The number of anilines is 1. The predicted octanol–water partition coefficient (Wildman–Crippen LogP) is 2.68. The molecule has 1 amide bonds. The third-order valence-electron chi connectivity index (χ3n) is 1.93. The molecule has 6 nitrogen and oxygen atoms in total. The van der Waals surface area contributed by atoms with E-state index in [1.54, 1.807) is 18.2 Å². The summed E-state index contributed by atoms with van der Waals surface area (Å²) in [6.45, 7) is -0.0495. The monoisotopic (exact) mass is 317 g/mol. The lowest BCUT2D eigenvalue weighted by Crippen LogP contribution is -2.37. The van der Waals surface area contributed by atoms with E-state index in [2.05, 4.69) is 31.3 Å². The van der Waals surface area contributed by atoms with Crippen LogP contribution in [0.3, 0.4) is 0 Å². The normalized spacial score (nSPS) is 11.4. The minimum absolute atomic E-state index is 0.0495. The molecule has 0 spiro atoms. The van der Waals surface area contributed by atoms with Gasteiger partial charge in [-0.25, -0.2) is 0 Å². The van der Waals surface area contributed by atoms with Crippen LogP contribution in [0.15, 0.2) is 27.8 Å². The number of hydrogen-bond donors (Lipinski definition) is 2. The van der Waals surface area contributed by atoms with Crippen molar-refractivity contribution in [3.8, 4) is 0 Å². The first-order valence-electron chi connectivity index (χ1n) is 4.56. The molecule has 3 N–H and O–H groups in total. The summed E-state index contributed by atoms with van der Waals surface area (Å²) in [7, 11) is 0. The minimum atomic E-state index is -0.751. The zero-order chi connectivity index (χ0) is 12.8. The molecule has 0 saturated carbocycles. The zero-order valence-corrected chi connectivity index (χ0v) is 10.9. The molecule has 0 fully saturated rings. The molecule has 1 rings (SSSR count). The second-order valence-electron chi connectivity index (χ2n) is 3.14. The Balaban J connectivity index is 2.81. The fourth-order valence-electron chi connectivity index (χ4n) is 1.11. The van der Waals surface area contributed by atoms with E-state index in [1.807, 2.05) is 0 Å². The van der Waals surface area contributed by atoms with Crippen molar-refractivity contribution >= 4 is 39.1 Å². The highest BCUT2D eigenvalue weighted by Crippen LogP contribution is 2.25. The maximum absolute atomic E-state index is 11.1. The van der Waals surface area contributed by atoms with Gasteiger partial charge in [0.05, 0.1) is 11.6 Å². The number of halogens is 2. The standard InChI is InChI=1S/C9H9BrClN5O/c10-6-3-5(1-2-7(6)11)15-8(9(12)17)4-14-16-13/h1-3,8,15H,4H2,(H2,12,17). The fraction of sp³-hybridized carbons (Fsp3) is 0.222. The Morgan fingerprint density at radius 1 is 1.71 bits per heavy atom. The van der Waals surface area contributed by atoms with Gasteiger partial charge in [0.1, 0.15) is 6.04 Å². The lowest BCUT2D eigenvalue weighted by molar-refractivity contribution is -0.118. The van der Waals surface area contributed by atoms with E-state index in [0.717, 1.165) is 0 Å². The van der Waals surface area contributed by atoms with Crippen molar-refractivity contribution < 1.29 is 4.79 Å². The first kappa shape index (κ1) is 13.6. The second kappa shape index (κ2) is 6.34. The van der Waals surface area contributed by atoms with E-state index in [1.165, 1.54) is 0 Å². The number of amides is 1. The number of azide groups is 1. The number of rotatable bonds is 5. The number of carbonyl (C=O) groups is 1. The number of benzene rings is 1. The van der Waals surface area contributed by atoms with Crippen LogP contribution in [-0.2, 0) is 4.79 Å². The van der Waals surface area contributed by atoms with Crippen LogP contribution in [0.5, 0.6) is 0 Å². The topological polar surface area (TPSA) is 104 Å². The van der Waals surface area contributed by atoms with Crippen molar-refractivity contribution in [2.75, 3.05) is 11.9 Å². The molecule has 0 saturated heterocycles. The Hall–Kier alpha value is -1.43. The largest absolute Gasteiger partial charge is 0.374 e. The number of primary amides is 1. The summed E-state index contributed by atoms with van der Waals surface area (Å²) in [5.74, 6) is -0.594. The molecule has 0 aliphatic heterocycles. The molecule has 17 heavy (non-hydrogen) atoms. The van der Waals surface area contributed by atoms with Gasteiger partial charge >= 0.3 is 0 Å². The van der Waals surface area contributed by atoms with Crippen LogP contribution in [0.4, 0.5) is 5.69 Å². The molecular weight excluding hydrogens is 309 g/mol. The summed E-state index contributed by atoms with van der Waals surface area (Å²) < 4.78 is 0.691. The second-order valence-corrected chi connectivity index (χ2v) is 4.40. The molecule has 90 valence electrons. The van der Waals surface area contributed by atoms with Gasteiger partial charge in [0.25, 0.3) is 0 Å². The number of nitrogens with one attached hydrogen (secondary N) is 1. The first-order chi connectivity index (χ1) is 8.04. The van der Waals surface area contributed by atoms with E-state index in [0.29, 0.717) is 15.2 Å². The van der Waals surface area contributed by atoms with Crippen LogP contribution < -0.4 is 11.1 Å². The molecule has 1 unspecified atom stereocenters. The van der Waals surface area contributed by atoms with Crippen molar-refractivity contribution in [1.29, 1.82) is 0 Å². The van der Waals surface area contributed by atoms with Crippen molar-refractivity contribution in [3.05, 3.63) is 38.1 Å². The third-order valence-corrected chi connectivity index (χ3v) is 3.15. The van der Waals surface area contributed by atoms with E-state index in [4.69, 9.17) is 22.9 Å². The van der Waals surface area contributed by atoms with Gasteiger partial charge in [-0.15, -0.1) is 0 Å². The van der Waals surface area contributed by atoms with Crippen LogP contribution >= 0.6 is 27.5 Å². The molecule has 1 aromatic rings. The number of nitrogens with two attached hydrogens (primary N) is 1. The number of nitrogens with zero attached hydrogens (tertiary/aromatic N) is 3. The van der Waals surface area contributed by atoms with Gasteiger partial charge in [0.15, 0.2) is 0 Å². The summed E-state index contributed by atoms with van der Waals surface area (Å²) in [4.78, 5) is 13.7. The molecule has 1 aromatic carbocycles. The van der Waals surface area contributed by atoms with Crippen molar-refractivity contribution in [1.82, 2.24) is 0 Å². The molecule has 0 aliphatic carbocycles. The van der Waals surface area contributed by atoms with Gasteiger partial charge in [-0.2, -0.15) is 0 Å².